The molecule has 1 amide bonds. The molecule has 0 radical (unpaired) electrons. The Morgan fingerprint density at radius 3 is 2.90 bits per heavy atom. The van der Waals surface area contributed by atoms with E-state index in [1.165, 1.54) is 0 Å². The number of carbonyl (C=O) groups excluding carboxylic acids is 1. The first-order chi connectivity index (χ1) is 9.69. The predicted molar refractivity (Wildman–Crippen MR) is 76.9 cm³/mol. The Morgan fingerprint density at radius 1 is 1.45 bits per heavy atom. The highest BCUT2D eigenvalue weighted by Gasteiger charge is 2.17. The van der Waals surface area contributed by atoms with E-state index in [4.69, 9.17) is 5.26 Å². The van der Waals surface area contributed by atoms with Gasteiger partial charge in [0.15, 0.2) is 0 Å². The van der Waals surface area contributed by atoms with Crippen molar-refractivity contribution in [2.75, 3.05) is 39.8 Å². The molecule has 1 saturated heterocycles. The highest BCUT2D eigenvalue weighted by Crippen LogP contribution is 2.07. The molecule has 1 aliphatic rings. The van der Waals surface area contributed by atoms with Crippen molar-refractivity contribution in [3.63, 3.8) is 0 Å². The molecule has 1 aromatic carbocycles. The molecular formula is C15H20N4O. The summed E-state index contributed by atoms with van der Waals surface area (Å²) in [5.41, 5.74) is 1.71. The Morgan fingerprint density at radius 2 is 2.20 bits per heavy atom. The summed E-state index contributed by atoms with van der Waals surface area (Å²) in [6.45, 7) is 4.41. The number of nitrogens with one attached hydrogen (secondary N) is 1. The number of hydrogen-bond acceptors (Lipinski definition) is 4. The Bertz CT molecular complexity index is 503. The Kier molecular flexibility index (Phi) is 5.10. The van der Waals surface area contributed by atoms with Crippen LogP contribution in [-0.4, -0.2) is 55.5 Å². The molecule has 1 aromatic rings. The SMILES string of the molecule is CN(CC(=O)N1CCNCC1)Cc1cccc(C#N)c1. The van der Waals surface area contributed by atoms with Gasteiger partial charge in [0.1, 0.15) is 0 Å². The van der Waals surface area contributed by atoms with Gasteiger partial charge in [-0.25, -0.2) is 0 Å². The fraction of sp³-hybridized carbons (Fsp3) is 0.467. The number of benzene rings is 1. The van der Waals surface area contributed by atoms with E-state index in [1.807, 2.05) is 35.0 Å². The molecule has 0 saturated carbocycles. The molecule has 20 heavy (non-hydrogen) atoms. The van der Waals surface area contributed by atoms with Gasteiger partial charge >= 0.3 is 0 Å². The number of amides is 1. The molecule has 0 aromatic heterocycles. The first-order valence-electron chi connectivity index (χ1n) is 6.85. The molecule has 1 aliphatic heterocycles. The van der Waals surface area contributed by atoms with Crippen LogP contribution in [-0.2, 0) is 11.3 Å². The van der Waals surface area contributed by atoms with Gasteiger partial charge in [-0.15, -0.1) is 0 Å². The third-order valence-corrected chi connectivity index (χ3v) is 3.38. The minimum Gasteiger partial charge on any atom is -0.339 e. The third-order valence-electron chi connectivity index (χ3n) is 3.38. The lowest BCUT2D eigenvalue weighted by molar-refractivity contribution is -0.132. The number of rotatable bonds is 4. The van der Waals surface area contributed by atoms with Gasteiger partial charge in [-0.2, -0.15) is 5.26 Å². The van der Waals surface area contributed by atoms with Crippen LogP contribution in [0.2, 0.25) is 0 Å². The maximum absolute atomic E-state index is 12.1. The van der Waals surface area contributed by atoms with Gasteiger partial charge in [0.25, 0.3) is 0 Å². The lowest BCUT2D eigenvalue weighted by Gasteiger charge is -2.29. The fourth-order valence-electron chi connectivity index (χ4n) is 2.35. The molecule has 5 nitrogen and oxygen atoms in total. The van der Waals surface area contributed by atoms with Crippen molar-refractivity contribution < 1.29 is 4.79 Å². The van der Waals surface area contributed by atoms with Crippen LogP contribution in [0.1, 0.15) is 11.1 Å². The number of nitrogens with zero attached hydrogens (tertiary/aromatic N) is 3. The average Bonchev–Trinajstić information content (AvgIpc) is 2.48. The van der Waals surface area contributed by atoms with Crippen molar-refractivity contribution >= 4 is 5.91 Å². The first kappa shape index (κ1) is 14.5. The summed E-state index contributed by atoms with van der Waals surface area (Å²) >= 11 is 0. The van der Waals surface area contributed by atoms with Crippen LogP contribution in [0.4, 0.5) is 0 Å². The molecule has 0 bridgehead atoms. The molecule has 106 valence electrons. The molecule has 0 unspecified atom stereocenters. The lowest BCUT2D eigenvalue weighted by Crippen LogP contribution is -2.49. The zero-order valence-electron chi connectivity index (χ0n) is 11.8. The molecule has 1 fully saturated rings. The van der Waals surface area contributed by atoms with Crippen LogP contribution in [0.15, 0.2) is 24.3 Å². The Labute approximate surface area is 119 Å². The first-order valence-corrected chi connectivity index (χ1v) is 6.85. The molecule has 1 heterocycles. The number of nitriles is 1. The van der Waals surface area contributed by atoms with Crippen molar-refractivity contribution in [3.8, 4) is 6.07 Å². The van der Waals surface area contributed by atoms with Gasteiger partial charge in [0.2, 0.25) is 5.91 Å². The normalized spacial score (nSPS) is 15.2. The van der Waals surface area contributed by atoms with Gasteiger partial charge in [-0.1, -0.05) is 12.1 Å². The number of piperazine rings is 1. The van der Waals surface area contributed by atoms with Crippen LogP contribution in [0.5, 0.6) is 0 Å². The van der Waals surface area contributed by atoms with Crippen molar-refractivity contribution in [1.82, 2.24) is 15.1 Å². The van der Waals surface area contributed by atoms with Gasteiger partial charge in [0, 0.05) is 32.7 Å². The van der Waals surface area contributed by atoms with Crippen LogP contribution < -0.4 is 5.32 Å². The minimum absolute atomic E-state index is 0.172. The zero-order valence-corrected chi connectivity index (χ0v) is 11.8. The van der Waals surface area contributed by atoms with Gasteiger partial charge < -0.3 is 10.2 Å². The van der Waals surface area contributed by atoms with E-state index in [0.29, 0.717) is 18.7 Å². The quantitative estimate of drug-likeness (QED) is 0.863. The largest absolute Gasteiger partial charge is 0.339 e. The lowest BCUT2D eigenvalue weighted by atomic mass is 10.1. The van der Waals surface area contributed by atoms with E-state index in [1.54, 1.807) is 6.07 Å². The van der Waals surface area contributed by atoms with E-state index in [2.05, 4.69) is 11.4 Å². The second-order valence-corrected chi connectivity index (χ2v) is 5.12. The second-order valence-electron chi connectivity index (χ2n) is 5.12. The van der Waals surface area contributed by atoms with E-state index in [9.17, 15) is 4.79 Å². The summed E-state index contributed by atoms with van der Waals surface area (Å²) in [7, 11) is 1.93. The molecule has 0 aliphatic carbocycles. The molecule has 5 heteroatoms. The van der Waals surface area contributed by atoms with Crippen LogP contribution >= 0.6 is 0 Å². The molecule has 1 N–H and O–H groups in total. The van der Waals surface area contributed by atoms with Crippen molar-refractivity contribution in [3.05, 3.63) is 35.4 Å². The number of likely N-dealkylation sites (N-methyl/N-ethyl adjacent to an activating group) is 1. The molecule has 0 atom stereocenters. The smallest absolute Gasteiger partial charge is 0.236 e. The van der Waals surface area contributed by atoms with Crippen LogP contribution in [0.3, 0.4) is 0 Å². The van der Waals surface area contributed by atoms with E-state index in [-0.39, 0.29) is 5.91 Å². The summed E-state index contributed by atoms with van der Waals surface area (Å²) < 4.78 is 0. The van der Waals surface area contributed by atoms with Crippen molar-refractivity contribution in [1.29, 1.82) is 5.26 Å². The van der Waals surface area contributed by atoms with Crippen LogP contribution in [0, 0.1) is 11.3 Å². The van der Waals surface area contributed by atoms with E-state index < -0.39 is 0 Å². The highest BCUT2D eigenvalue weighted by molar-refractivity contribution is 5.78. The highest BCUT2D eigenvalue weighted by atomic mass is 16.2. The number of hydrogen-bond donors (Lipinski definition) is 1. The fourth-order valence-corrected chi connectivity index (χ4v) is 2.35. The van der Waals surface area contributed by atoms with Crippen LogP contribution in [0.25, 0.3) is 0 Å². The summed E-state index contributed by atoms with van der Waals surface area (Å²) in [5, 5.41) is 12.1. The van der Waals surface area contributed by atoms with Gasteiger partial charge in [0.05, 0.1) is 18.2 Å². The molecule has 0 spiro atoms. The Hall–Kier alpha value is -1.90. The summed E-state index contributed by atoms with van der Waals surface area (Å²) in [5.74, 6) is 0.172. The average molecular weight is 272 g/mol. The van der Waals surface area contributed by atoms with Gasteiger partial charge in [-0.05, 0) is 24.7 Å². The zero-order chi connectivity index (χ0) is 14.4. The summed E-state index contributed by atoms with van der Waals surface area (Å²) in [6.07, 6.45) is 0. The van der Waals surface area contributed by atoms with Crippen molar-refractivity contribution in [2.24, 2.45) is 0 Å². The maximum atomic E-state index is 12.1. The summed E-state index contributed by atoms with van der Waals surface area (Å²) in [4.78, 5) is 16.0. The second kappa shape index (κ2) is 7.04. The van der Waals surface area contributed by atoms with Crippen molar-refractivity contribution in [2.45, 2.75) is 6.54 Å². The third kappa shape index (κ3) is 4.05. The summed E-state index contributed by atoms with van der Waals surface area (Å²) in [6, 6.07) is 9.64. The topological polar surface area (TPSA) is 59.4 Å². The predicted octanol–water partition coefficient (Wildman–Crippen LogP) is 0.422. The van der Waals surface area contributed by atoms with Gasteiger partial charge in [-0.3, -0.25) is 9.69 Å². The van der Waals surface area contributed by atoms with E-state index >= 15 is 0 Å². The molecule has 2 rings (SSSR count). The maximum Gasteiger partial charge on any atom is 0.236 e. The minimum atomic E-state index is 0.172. The standard InChI is InChI=1S/C15H20N4O/c1-18(11-14-4-2-3-13(9-14)10-16)12-15(20)19-7-5-17-6-8-19/h2-4,9,17H,5-8,11-12H2,1H3. The molecular weight excluding hydrogens is 252 g/mol. The van der Waals surface area contributed by atoms with E-state index in [0.717, 1.165) is 31.7 Å². The monoisotopic (exact) mass is 272 g/mol. The Balaban J connectivity index is 1.86. The number of carbonyl (C=O) groups is 1.